The lowest BCUT2D eigenvalue weighted by atomic mass is 10.2. The van der Waals surface area contributed by atoms with Crippen LogP contribution in [0.3, 0.4) is 0 Å². The average molecular weight is 265 g/mol. The lowest BCUT2D eigenvalue weighted by Crippen LogP contribution is -2.04. The van der Waals surface area contributed by atoms with Crippen LogP contribution in [-0.4, -0.2) is 16.7 Å². The van der Waals surface area contributed by atoms with Gasteiger partial charge in [-0.2, -0.15) is 4.98 Å². The maximum Gasteiger partial charge on any atom is 0.258 e. The van der Waals surface area contributed by atoms with E-state index in [1.54, 1.807) is 6.07 Å². The number of benzene rings is 1. The van der Waals surface area contributed by atoms with Crippen LogP contribution in [0.5, 0.6) is 0 Å². The van der Waals surface area contributed by atoms with Gasteiger partial charge in [0.25, 0.3) is 5.89 Å². The fourth-order valence-corrected chi connectivity index (χ4v) is 1.74. The molecule has 19 heavy (non-hydrogen) atoms. The highest BCUT2D eigenvalue weighted by Gasteiger charge is 2.18. The van der Waals surface area contributed by atoms with Gasteiger partial charge in [0.05, 0.1) is 5.69 Å². The third-order valence-electron chi connectivity index (χ3n) is 2.71. The Bertz CT molecular complexity index is 557. The summed E-state index contributed by atoms with van der Waals surface area (Å²) in [7, 11) is 0. The minimum atomic E-state index is -0.468. The second-order valence-electron chi connectivity index (χ2n) is 4.05. The number of aromatic nitrogens is 2. The van der Waals surface area contributed by atoms with Gasteiger partial charge in [0.2, 0.25) is 5.82 Å². The second kappa shape index (κ2) is 5.79. The second-order valence-corrected chi connectivity index (χ2v) is 4.05. The molecule has 102 valence electrons. The van der Waals surface area contributed by atoms with Crippen LogP contribution in [0.2, 0.25) is 0 Å². The van der Waals surface area contributed by atoms with E-state index in [-0.39, 0.29) is 11.8 Å². The molecule has 6 heteroatoms. The molecule has 0 spiro atoms. The summed E-state index contributed by atoms with van der Waals surface area (Å²) in [6.07, 6.45) is 0.554. The Balaban J connectivity index is 2.27. The molecule has 0 fully saturated rings. The first kappa shape index (κ1) is 13.5. The van der Waals surface area contributed by atoms with Crippen molar-refractivity contribution in [2.24, 2.45) is 0 Å². The summed E-state index contributed by atoms with van der Waals surface area (Å²) in [4.78, 5) is 4.26. The molecule has 0 saturated carbocycles. The van der Waals surface area contributed by atoms with Crippen molar-refractivity contribution in [3.8, 4) is 11.5 Å². The molecule has 1 atom stereocenters. The van der Waals surface area contributed by atoms with Crippen LogP contribution in [-0.2, 0) is 4.74 Å². The van der Waals surface area contributed by atoms with Gasteiger partial charge in [-0.05, 0) is 31.5 Å². The highest BCUT2D eigenvalue weighted by molar-refractivity contribution is 5.60. The van der Waals surface area contributed by atoms with Gasteiger partial charge in [0.15, 0.2) is 0 Å². The van der Waals surface area contributed by atoms with Crippen LogP contribution < -0.4 is 5.73 Å². The van der Waals surface area contributed by atoms with Crippen LogP contribution in [0, 0.1) is 5.82 Å². The molecular formula is C13H16FN3O2. The van der Waals surface area contributed by atoms with Gasteiger partial charge in [0.1, 0.15) is 11.9 Å². The smallest absolute Gasteiger partial charge is 0.258 e. The van der Waals surface area contributed by atoms with Crippen molar-refractivity contribution in [3.63, 3.8) is 0 Å². The molecule has 1 unspecified atom stereocenters. The minimum Gasteiger partial charge on any atom is -0.396 e. The Morgan fingerprint density at radius 1 is 1.42 bits per heavy atom. The molecule has 1 heterocycles. The van der Waals surface area contributed by atoms with E-state index in [9.17, 15) is 4.39 Å². The molecule has 2 aromatic rings. The number of rotatable bonds is 5. The summed E-state index contributed by atoms with van der Waals surface area (Å²) >= 11 is 0. The number of hydrogen-bond acceptors (Lipinski definition) is 5. The molecule has 0 saturated heterocycles. The van der Waals surface area contributed by atoms with Crippen molar-refractivity contribution < 1.29 is 13.7 Å². The summed E-state index contributed by atoms with van der Waals surface area (Å²) in [6, 6.07) is 4.28. The van der Waals surface area contributed by atoms with Crippen molar-refractivity contribution in [2.45, 2.75) is 26.4 Å². The number of nitrogens with zero attached hydrogens (tertiary/aromatic N) is 2. The first-order valence-electron chi connectivity index (χ1n) is 6.16. The van der Waals surface area contributed by atoms with Gasteiger partial charge < -0.3 is 15.0 Å². The number of nitrogens with two attached hydrogens (primary N) is 1. The summed E-state index contributed by atoms with van der Waals surface area (Å²) in [6.45, 7) is 4.46. The Morgan fingerprint density at radius 3 is 2.84 bits per heavy atom. The van der Waals surface area contributed by atoms with E-state index in [2.05, 4.69) is 10.1 Å². The van der Waals surface area contributed by atoms with E-state index in [4.69, 9.17) is 15.0 Å². The molecule has 2 N–H and O–H groups in total. The third-order valence-corrected chi connectivity index (χ3v) is 2.71. The minimum absolute atomic E-state index is 0.0501. The van der Waals surface area contributed by atoms with E-state index in [1.165, 1.54) is 12.1 Å². The van der Waals surface area contributed by atoms with Gasteiger partial charge in [-0.15, -0.1) is 0 Å². The molecular weight excluding hydrogens is 249 g/mol. The van der Waals surface area contributed by atoms with Crippen molar-refractivity contribution in [1.82, 2.24) is 10.1 Å². The Labute approximate surface area is 110 Å². The maximum absolute atomic E-state index is 13.1. The number of halogens is 1. The molecule has 0 aliphatic carbocycles. The highest BCUT2D eigenvalue weighted by Crippen LogP contribution is 2.25. The lowest BCUT2D eigenvalue weighted by molar-refractivity contribution is 0.0518. The number of hydrogen-bond donors (Lipinski definition) is 1. The molecule has 1 aromatic heterocycles. The molecule has 2 rings (SSSR count). The zero-order valence-electron chi connectivity index (χ0n) is 10.9. The quantitative estimate of drug-likeness (QED) is 0.841. The third kappa shape index (κ3) is 2.90. The molecule has 0 radical (unpaired) electrons. The molecule has 1 aromatic carbocycles. The van der Waals surface area contributed by atoms with Crippen LogP contribution in [0.15, 0.2) is 22.7 Å². The van der Waals surface area contributed by atoms with Gasteiger partial charge in [-0.1, -0.05) is 12.1 Å². The predicted octanol–water partition coefficient (Wildman–Crippen LogP) is 2.95. The van der Waals surface area contributed by atoms with Crippen LogP contribution in [0.25, 0.3) is 11.5 Å². The number of anilines is 1. The van der Waals surface area contributed by atoms with Gasteiger partial charge >= 0.3 is 0 Å². The summed E-state index contributed by atoms with van der Waals surface area (Å²) in [5.74, 6) is 0.325. The van der Waals surface area contributed by atoms with E-state index in [0.717, 1.165) is 6.42 Å². The van der Waals surface area contributed by atoms with Crippen molar-refractivity contribution >= 4 is 5.69 Å². The number of ether oxygens (including phenoxy) is 1. The largest absolute Gasteiger partial charge is 0.396 e. The topological polar surface area (TPSA) is 74.2 Å². The van der Waals surface area contributed by atoms with Crippen LogP contribution >= 0.6 is 0 Å². The first-order chi connectivity index (χ1) is 9.15. The molecule has 0 amide bonds. The monoisotopic (exact) mass is 265 g/mol. The molecule has 0 aliphatic heterocycles. The van der Waals surface area contributed by atoms with E-state index < -0.39 is 5.82 Å². The van der Waals surface area contributed by atoms with E-state index in [0.29, 0.717) is 23.9 Å². The normalized spacial score (nSPS) is 12.6. The van der Waals surface area contributed by atoms with Gasteiger partial charge in [-0.3, -0.25) is 0 Å². The Hall–Kier alpha value is -1.95. The van der Waals surface area contributed by atoms with Crippen LogP contribution in [0.1, 0.15) is 32.2 Å². The first-order valence-corrected chi connectivity index (χ1v) is 6.16. The van der Waals surface area contributed by atoms with Crippen LogP contribution in [0.4, 0.5) is 10.1 Å². The molecule has 5 nitrogen and oxygen atoms in total. The van der Waals surface area contributed by atoms with Gasteiger partial charge in [0, 0.05) is 12.2 Å². The Morgan fingerprint density at radius 2 is 2.21 bits per heavy atom. The highest BCUT2D eigenvalue weighted by atomic mass is 19.1. The predicted molar refractivity (Wildman–Crippen MR) is 68.8 cm³/mol. The fourth-order valence-electron chi connectivity index (χ4n) is 1.74. The zero-order valence-corrected chi connectivity index (χ0v) is 10.9. The fraction of sp³-hybridized carbons (Fsp3) is 0.385. The van der Waals surface area contributed by atoms with Crippen molar-refractivity contribution in [1.29, 1.82) is 0 Å². The SMILES string of the molecule is CCOC(CC)c1noc(-c2ccc(F)c(N)c2)n1. The molecule has 0 aliphatic rings. The Kier molecular flexibility index (Phi) is 4.11. The summed E-state index contributed by atoms with van der Waals surface area (Å²) in [5.41, 5.74) is 6.15. The standard InChI is InChI=1S/C13H16FN3O2/c1-3-11(18-4-2)12-16-13(19-17-12)8-5-6-9(14)10(15)7-8/h5-7,11H,3-4,15H2,1-2H3. The summed E-state index contributed by atoms with van der Waals surface area (Å²) < 4.78 is 23.7. The number of nitrogen functional groups attached to an aromatic ring is 1. The van der Waals surface area contributed by atoms with Crippen molar-refractivity contribution in [2.75, 3.05) is 12.3 Å². The van der Waals surface area contributed by atoms with Crippen molar-refractivity contribution in [3.05, 3.63) is 29.8 Å². The maximum atomic E-state index is 13.1. The van der Waals surface area contributed by atoms with Gasteiger partial charge in [-0.25, -0.2) is 4.39 Å². The molecule has 0 bridgehead atoms. The summed E-state index contributed by atoms with van der Waals surface area (Å²) in [5, 5.41) is 3.89. The average Bonchev–Trinajstić information content (AvgIpc) is 2.88. The van der Waals surface area contributed by atoms with E-state index in [1.807, 2.05) is 13.8 Å². The lowest BCUT2D eigenvalue weighted by Gasteiger charge is -2.09. The zero-order chi connectivity index (χ0) is 13.8. The van der Waals surface area contributed by atoms with E-state index >= 15 is 0 Å².